The molecule has 0 spiro atoms. The van der Waals surface area contributed by atoms with E-state index in [4.69, 9.17) is 0 Å². The first-order chi connectivity index (χ1) is 12.1. The molecule has 1 saturated carbocycles. The predicted molar refractivity (Wildman–Crippen MR) is 99.4 cm³/mol. The van der Waals surface area contributed by atoms with Crippen LogP contribution in [0.4, 0.5) is 4.79 Å². The average molecular weight is 348 g/mol. The van der Waals surface area contributed by atoms with Crippen molar-refractivity contribution in [3.63, 3.8) is 0 Å². The molecule has 2 heterocycles. The van der Waals surface area contributed by atoms with Gasteiger partial charge in [0.25, 0.3) is 0 Å². The van der Waals surface area contributed by atoms with Crippen molar-refractivity contribution < 1.29 is 4.79 Å². The molecule has 1 aromatic rings. The van der Waals surface area contributed by atoms with E-state index in [-0.39, 0.29) is 6.03 Å². The van der Waals surface area contributed by atoms with E-state index in [0.717, 1.165) is 30.5 Å². The maximum absolute atomic E-state index is 12.3. The molecule has 1 aliphatic heterocycles. The van der Waals surface area contributed by atoms with Gasteiger partial charge in [-0.3, -0.25) is 4.90 Å². The van der Waals surface area contributed by atoms with Crippen LogP contribution in [0, 0.1) is 6.92 Å². The summed E-state index contributed by atoms with van der Waals surface area (Å²) < 4.78 is 0. The third-order valence-corrected chi connectivity index (χ3v) is 5.71. The summed E-state index contributed by atoms with van der Waals surface area (Å²) in [5.41, 5.74) is 1.02. The highest BCUT2D eigenvalue weighted by molar-refractivity contribution is 5.73. The SMILES string of the molecule is Cc1cnc(CN(C)C(=O)NCC[C@@H]2CCCCN2C2CCCC2)[nH]1. The van der Waals surface area contributed by atoms with Crippen LogP contribution in [-0.4, -0.2) is 58.0 Å². The van der Waals surface area contributed by atoms with Crippen LogP contribution >= 0.6 is 0 Å². The zero-order valence-electron chi connectivity index (χ0n) is 15.8. The van der Waals surface area contributed by atoms with Crippen molar-refractivity contribution in [2.75, 3.05) is 20.1 Å². The fraction of sp³-hybridized carbons (Fsp3) is 0.789. The number of urea groups is 1. The summed E-state index contributed by atoms with van der Waals surface area (Å²) >= 11 is 0. The van der Waals surface area contributed by atoms with Crippen LogP contribution in [0.5, 0.6) is 0 Å². The summed E-state index contributed by atoms with van der Waals surface area (Å²) in [6.07, 6.45) is 12.3. The van der Waals surface area contributed by atoms with Gasteiger partial charge in [-0.05, 0) is 45.6 Å². The number of H-pyrrole nitrogens is 1. The molecule has 0 unspecified atom stereocenters. The van der Waals surface area contributed by atoms with Gasteiger partial charge >= 0.3 is 6.03 Å². The molecule has 2 N–H and O–H groups in total. The van der Waals surface area contributed by atoms with E-state index in [0.29, 0.717) is 12.6 Å². The largest absolute Gasteiger partial charge is 0.345 e. The molecule has 0 bridgehead atoms. The van der Waals surface area contributed by atoms with Gasteiger partial charge in [0.15, 0.2) is 0 Å². The summed E-state index contributed by atoms with van der Waals surface area (Å²) in [6.45, 7) is 4.49. The lowest BCUT2D eigenvalue weighted by molar-refractivity contribution is 0.0912. The maximum atomic E-state index is 12.3. The molecule has 6 nitrogen and oxygen atoms in total. The Bertz CT molecular complexity index is 552. The Morgan fingerprint density at radius 2 is 2.08 bits per heavy atom. The van der Waals surface area contributed by atoms with Gasteiger partial charge in [0.2, 0.25) is 0 Å². The highest BCUT2D eigenvalue weighted by Gasteiger charge is 2.30. The molecular formula is C19H33N5O. The lowest BCUT2D eigenvalue weighted by atomic mass is 9.96. The molecule has 0 aromatic carbocycles. The zero-order valence-corrected chi connectivity index (χ0v) is 15.8. The van der Waals surface area contributed by atoms with E-state index in [2.05, 4.69) is 20.2 Å². The van der Waals surface area contributed by atoms with Gasteiger partial charge in [-0.2, -0.15) is 0 Å². The highest BCUT2D eigenvalue weighted by atomic mass is 16.2. The molecule has 2 fully saturated rings. The van der Waals surface area contributed by atoms with Gasteiger partial charge in [0.1, 0.15) is 5.82 Å². The number of amides is 2. The quantitative estimate of drug-likeness (QED) is 0.831. The molecular weight excluding hydrogens is 314 g/mol. The molecule has 25 heavy (non-hydrogen) atoms. The van der Waals surface area contributed by atoms with Crippen molar-refractivity contribution in [3.8, 4) is 0 Å². The number of carbonyl (C=O) groups is 1. The monoisotopic (exact) mass is 347 g/mol. The number of likely N-dealkylation sites (tertiary alicyclic amines) is 1. The second kappa shape index (κ2) is 8.70. The molecule has 2 aliphatic rings. The number of imidazole rings is 1. The summed E-state index contributed by atoms with van der Waals surface area (Å²) in [6, 6.07) is 1.43. The second-order valence-corrected chi connectivity index (χ2v) is 7.72. The number of aromatic amines is 1. The highest BCUT2D eigenvalue weighted by Crippen LogP contribution is 2.30. The minimum absolute atomic E-state index is 0.0164. The van der Waals surface area contributed by atoms with E-state index in [9.17, 15) is 4.79 Å². The molecule has 1 saturated heterocycles. The molecule has 1 aliphatic carbocycles. The Morgan fingerprint density at radius 1 is 1.32 bits per heavy atom. The Morgan fingerprint density at radius 3 is 2.80 bits per heavy atom. The Labute approximate surface area is 151 Å². The third kappa shape index (κ3) is 4.97. The van der Waals surface area contributed by atoms with Crippen LogP contribution in [0.1, 0.15) is 62.9 Å². The van der Waals surface area contributed by atoms with Gasteiger partial charge in [0, 0.05) is 37.6 Å². The molecule has 3 rings (SSSR count). The number of hydrogen-bond acceptors (Lipinski definition) is 3. The van der Waals surface area contributed by atoms with Crippen molar-refractivity contribution in [2.24, 2.45) is 0 Å². The minimum atomic E-state index is -0.0164. The fourth-order valence-electron chi connectivity index (χ4n) is 4.37. The number of hydrogen-bond donors (Lipinski definition) is 2. The standard InChI is InChI=1S/C19H33N5O/c1-15-13-21-18(22-15)14-23(2)19(25)20-11-10-17-9-5-6-12-24(17)16-7-3-4-8-16/h13,16-17H,3-12,14H2,1-2H3,(H,20,25)(H,21,22)/t17-/m0/s1. The smallest absolute Gasteiger partial charge is 0.317 e. The number of nitrogens with zero attached hydrogens (tertiary/aromatic N) is 3. The van der Waals surface area contributed by atoms with Crippen molar-refractivity contribution in [2.45, 2.75) is 76.9 Å². The van der Waals surface area contributed by atoms with Crippen molar-refractivity contribution >= 4 is 6.03 Å². The molecule has 1 atom stereocenters. The fourth-order valence-corrected chi connectivity index (χ4v) is 4.37. The molecule has 2 amide bonds. The maximum Gasteiger partial charge on any atom is 0.317 e. The van der Waals surface area contributed by atoms with Crippen LogP contribution in [0.25, 0.3) is 0 Å². The number of piperidine rings is 1. The molecule has 6 heteroatoms. The van der Waals surface area contributed by atoms with Gasteiger partial charge in [0.05, 0.1) is 6.54 Å². The van der Waals surface area contributed by atoms with Crippen LogP contribution in [0.3, 0.4) is 0 Å². The van der Waals surface area contributed by atoms with E-state index >= 15 is 0 Å². The normalized spacial score (nSPS) is 22.2. The van der Waals surface area contributed by atoms with Crippen molar-refractivity contribution in [1.82, 2.24) is 25.1 Å². The van der Waals surface area contributed by atoms with Gasteiger partial charge in [-0.1, -0.05) is 19.3 Å². The Kier molecular flexibility index (Phi) is 6.34. The Hall–Kier alpha value is -1.56. The second-order valence-electron chi connectivity index (χ2n) is 7.72. The number of rotatable bonds is 6. The van der Waals surface area contributed by atoms with Crippen LogP contribution < -0.4 is 5.32 Å². The summed E-state index contributed by atoms with van der Waals surface area (Å²) in [7, 11) is 1.82. The van der Waals surface area contributed by atoms with E-state index in [1.807, 2.05) is 14.0 Å². The molecule has 1 aromatic heterocycles. The predicted octanol–water partition coefficient (Wildman–Crippen LogP) is 3.05. The lowest BCUT2D eigenvalue weighted by Crippen LogP contribution is -2.47. The first-order valence-electron chi connectivity index (χ1n) is 9.88. The van der Waals surface area contributed by atoms with E-state index in [1.54, 1.807) is 11.1 Å². The number of carbonyl (C=O) groups excluding carboxylic acids is 1. The lowest BCUT2D eigenvalue weighted by Gasteiger charge is -2.40. The summed E-state index contributed by atoms with van der Waals surface area (Å²) in [5, 5.41) is 3.09. The van der Waals surface area contributed by atoms with Crippen molar-refractivity contribution in [3.05, 3.63) is 17.7 Å². The number of aromatic nitrogens is 2. The van der Waals surface area contributed by atoms with Gasteiger partial charge in [-0.25, -0.2) is 9.78 Å². The number of aryl methyl sites for hydroxylation is 1. The first-order valence-corrected chi connectivity index (χ1v) is 9.88. The van der Waals surface area contributed by atoms with Crippen molar-refractivity contribution in [1.29, 1.82) is 0 Å². The van der Waals surface area contributed by atoms with Gasteiger partial charge in [-0.15, -0.1) is 0 Å². The van der Waals surface area contributed by atoms with Crippen LogP contribution in [-0.2, 0) is 6.54 Å². The van der Waals surface area contributed by atoms with E-state index in [1.165, 1.54) is 51.5 Å². The minimum Gasteiger partial charge on any atom is -0.345 e. The first kappa shape index (κ1) is 18.2. The average Bonchev–Trinajstić information content (AvgIpc) is 3.27. The molecule has 0 radical (unpaired) electrons. The number of nitrogens with one attached hydrogen (secondary N) is 2. The van der Waals surface area contributed by atoms with Crippen LogP contribution in [0.15, 0.2) is 6.20 Å². The zero-order chi connectivity index (χ0) is 17.6. The summed E-state index contributed by atoms with van der Waals surface area (Å²) in [4.78, 5) is 24.2. The topological polar surface area (TPSA) is 64.3 Å². The molecule has 140 valence electrons. The van der Waals surface area contributed by atoms with Gasteiger partial charge < -0.3 is 15.2 Å². The Balaban J connectivity index is 1.42. The summed E-state index contributed by atoms with van der Waals surface area (Å²) in [5.74, 6) is 0.829. The van der Waals surface area contributed by atoms with E-state index < -0.39 is 0 Å². The van der Waals surface area contributed by atoms with Crippen LogP contribution in [0.2, 0.25) is 0 Å². The third-order valence-electron chi connectivity index (χ3n) is 5.71.